The van der Waals surface area contributed by atoms with Crippen molar-refractivity contribution in [1.82, 2.24) is 0 Å². The van der Waals surface area contributed by atoms with Crippen LogP contribution in [0.5, 0.6) is 0 Å². The summed E-state index contributed by atoms with van der Waals surface area (Å²) in [7, 11) is 0. The second-order valence-corrected chi connectivity index (χ2v) is 8.82. The number of halogens is 2. The molecule has 0 atom stereocenters. The van der Waals surface area contributed by atoms with Gasteiger partial charge in [-0.15, -0.1) is 5.56 Å². The van der Waals surface area contributed by atoms with Gasteiger partial charge in [-0.2, -0.15) is 47.0 Å². The van der Waals surface area contributed by atoms with Crippen molar-refractivity contribution >= 4 is 3.21 Å². The maximum atomic E-state index is 3.30. The van der Waals surface area contributed by atoms with Crippen LogP contribution in [-0.4, -0.2) is 3.21 Å². The molecule has 1 aliphatic carbocycles. The molecule has 0 fully saturated rings. The van der Waals surface area contributed by atoms with Crippen molar-refractivity contribution in [1.29, 1.82) is 0 Å². The molecule has 3 heteroatoms. The second kappa shape index (κ2) is 12.5. The van der Waals surface area contributed by atoms with Crippen LogP contribution in [0.4, 0.5) is 0 Å². The zero-order chi connectivity index (χ0) is 17.5. The number of rotatable bonds is 0. The Kier molecular flexibility index (Phi) is 12.1. The monoisotopic (exact) mass is 460 g/mol. The zero-order valence-electron chi connectivity index (χ0n) is 15.7. The molecule has 3 aromatic carbocycles. The van der Waals surface area contributed by atoms with Crippen molar-refractivity contribution in [2.45, 2.75) is 34.1 Å². The summed E-state index contributed by atoms with van der Waals surface area (Å²) in [6.45, 7) is 8.45. The Hall–Kier alpha value is -0.877. The summed E-state index contributed by atoms with van der Waals surface area (Å²) in [5.74, 6) is 0. The van der Waals surface area contributed by atoms with Crippen LogP contribution in [0.2, 0.25) is 0 Å². The number of hydrogen-bond donors (Lipinski definition) is 0. The van der Waals surface area contributed by atoms with Gasteiger partial charge in [0.2, 0.25) is 0 Å². The van der Waals surface area contributed by atoms with E-state index in [4.69, 9.17) is 0 Å². The van der Waals surface area contributed by atoms with E-state index in [1.54, 1.807) is 24.2 Å². The Morgan fingerprint density at radius 2 is 1.42 bits per heavy atom. The van der Waals surface area contributed by atoms with Gasteiger partial charge in [-0.25, -0.2) is 12.1 Å². The smallest absolute Gasteiger partial charge is 0.0253 e. The minimum atomic E-state index is 0. The van der Waals surface area contributed by atoms with Crippen LogP contribution < -0.4 is 24.8 Å². The van der Waals surface area contributed by atoms with Crippen molar-refractivity contribution in [2.75, 3.05) is 0 Å². The first kappa shape index (κ1) is 25.1. The van der Waals surface area contributed by atoms with Gasteiger partial charge >= 0.3 is 41.3 Å². The third kappa shape index (κ3) is 7.79. The summed E-state index contributed by atoms with van der Waals surface area (Å²) in [5, 5.41) is 0. The standard InChI is InChI=1S/C13H9.C7H9.C3H6.2ClH.Zr/c1-3-7-12-10(5-1)9-11-6-2-4-8-13(11)12;1-6-3-4-7(2)5-6;1-3-2;;;/h1-5,7-8H,9H2;3-5H,1-2H3;1-2H3;2*1H;/q2*-1;;;;+2/p-2. The van der Waals surface area contributed by atoms with E-state index in [1.165, 1.54) is 36.6 Å². The molecule has 0 radical (unpaired) electrons. The maximum absolute atomic E-state index is 3.30. The maximum Gasteiger partial charge on any atom is -0.0253 e. The molecule has 0 aromatic heterocycles. The molecule has 4 rings (SSSR count). The molecule has 0 spiro atoms. The first-order valence-electron chi connectivity index (χ1n) is 8.27. The first-order valence-corrected chi connectivity index (χ1v) is 9.50. The molecule has 0 unspecified atom stereocenters. The summed E-state index contributed by atoms with van der Waals surface area (Å²) in [6.07, 6.45) is 1.05. The predicted octanol–water partition coefficient (Wildman–Crippen LogP) is -0.166. The Bertz CT molecular complexity index is 754. The van der Waals surface area contributed by atoms with E-state index >= 15 is 0 Å². The Labute approximate surface area is 185 Å². The molecule has 26 heavy (non-hydrogen) atoms. The molecule has 3 aromatic rings. The Morgan fingerprint density at radius 3 is 1.96 bits per heavy atom. The molecule has 0 amide bonds. The molecule has 1 aliphatic rings. The normalized spacial score (nSPS) is 9.77. The molecule has 0 saturated heterocycles. The molecule has 0 aliphatic heterocycles. The summed E-state index contributed by atoms with van der Waals surface area (Å²) < 4.78 is 1.51. The van der Waals surface area contributed by atoms with Crippen LogP contribution in [0, 0.1) is 19.9 Å². The van der Waals surface area contributed by atoms with Crippen LogP contribution in [0.1, 0.15) is 36.1 Å². The van der Waals surface area contributed by atoms with Crippen molar-refractivity contribution in [3.63, 3.8) is 0 Å². The van der Waals surface area contributed by atoms with Gasteiger partial charge in [0.05, 0.1) is 0 Å². The Morgan fingerprint density at radius 1 is 0.885 bits per heavy atom. The molecular formula is C23H24Cl2Zr-2. The average molecular weight is 463 g/mol. The van der Waals surface area contributed by atoms with Gasteiger partial charge in [0.1, 0.15) is 0 Å². The van der Waals surface area contributed by atoms with Gasteiger partial charge in [0, 0.05) is 0 Å². The van der Waals surface area contributed by atoms with E-state index in [0.717, 1.165) is 6.42 Å². The fourth-order valence-corrected chi connectivity index (χ4v) is 2.72. The zero-order valence-corrected chi connectivity index (χ0v) is 19.7. The van der Waals surface area contributed by atoms with E-state index in [0.29, 0.717) is 0 Å². The van der Waals surface area contributed by atoms with Gasteiger partial charge < -0.3 is 24.8 Å². The first-order chi connectivity index (χ1) is 11.5. The van der Waals surface area contributed by atoms with Crippen molar-refractivity contribution in [3.8, 4) is 11.1 Å². The largest absolute Gasteiger partial charge is 1.00 e. The van der Waals surface area contributed by atoms with Crippen molar-refractivity contribution < 1.29 is 49.0 Å². The van der Waals surface area contributed by atoms with Gasteiger partial charge in [-0.1, -0.05) is 49.2 Å². The van der Waals surface area contributed by atoms with E-state index in [1.807, 2.05) is 6.07 Å². The minimum Gasteiger partial charge on any atom is -1.00 e. The van der Waals surface area contributed by atoms with Crippen molar-refractivity contribution in [3.05, 3.63) is 89.0 Å². The van der Waals surface area contributed by atoms with E-state index in [-0.39, 0.29) is 24.8 Å². The van der Waals surface area contributed by atoms with Gasteiger partial charge in [0.25, 0.3) is 0 Å². The molecule has 0 saturated carbocycles. The fourth-order valence-electron chi connectivity index (χ4n) is 2.72. The summed E-state index contributed by atoms with van der Waals surface area (Å²) in [4.78, 5) is 0. The molecule has 0 heterocycles. The minimum absolute atomic E-state index is 0. The second-order valence-electron chi connectivity index (χ2n) is 6.36. The van der Waals surface area contributed by atoms with E-state index in [9.17, 15) is 0 Å². The van der Waals surface area contributed by atoms with Crippen LogP contribution in [0.3, 0.4) is 0 Å². The number of hydrogen-bond acceptors (Lipinski definition) is 0. The summed E-state index contributed by atoms with van der Waals surface area (Å²) in [6, 6.07) is 24.5. The van der Waals surface area contributed by atoms with E-state index < -0.39 is 0 Å². The molecule has 0 N–H and O–H groups in total. The molecule has 0 nitrogen and oxygen atoms in total. The molecular weight excluding hydrogens is 438 g/mol. The summed E-state index contributed by atoms with van der Waals surface area (Å²) >= 11 is 1.55. The van der Waals surface area contributed by atoms with Gasteiger partial charge in [-0.3, -0.25) is 0 Å². The van der Waals surface area contributed by atoms with Crippen molar-refractivity contribution in [2.24, 2.45) is 0 Å². The van der Waals surface area contributed by atoms with Crippen LogP contribution in [0.25, 0.3) is 11.1 Å². The molecule has 0 bridgehead atoms. The SMILES string of the molecule is C[C](C)=[Zr+2].Cc1ccc(C)[cH-]1.[Cl-].[Cl-].[c-]1cccc2c1Cc1ccccc1-2. The number of fused-ring (bicyclic) bond motifs is 3. The quantitative estimate of drug-likeness (QED) is 0.319. The van der Waals surface area contributed by atoms with E-state index in [2.05, 4.69) is 88.4 Å². The van der Waals surface area contributed by atoms with Gasteiger partial charge in [-0.05, 0) is 6.42 Å². The third-order valence-corrected chi connectivity index (χ3v) is 3.68. The topological polar surface area (TPSA) is 0 Å². The summed E-state index contributed by atoms with van der Waals surface area (Å²) in [5.41, 5.74) is 8.23. The van der Waals surface area contributed by atoms with Crippen LogP contribution in [0.15, 0.2) is 60.7 Å². The average Bonchev–Trinajstić information content (AvgIpc) is 3.10. The number of aryl methyl sites for hydroxylation is 2. The predicted molar refractivity (Wildman–Crippen MR) is 101 cm³/mol. The van der Waals surface area contributed by atoms with Crippen LogP contribution in [-0.2, 0) is 30.7 Å². The fraction of sp³-hybridized carbons (Fsp3) is 0.217. The third-order valence-electron chi connectivity index (χ3n) is 3.68. The molecule has 136 valence electrons. The number of benzene rings is 2. The van der Waals surface area contributed by atoms with Crippen LogP contribution >= 0.6 is 0 Å². The Balaban J connectivity index is 0.000000415. The van der Waals surface area contributed by atoms with Gasteiger partial charge in [0.15, 0.2) is 0 Å².